The lowest BCUT2D eigenvalue weighted by atomic mass is 9.81. The van der Waals surface area contributed by atoms with Crippen LogP contribution in [-0.4, -0.2) is 0 Å². The van der Waals surface area contributed by atoms with Gasteiger partial charge in [-0.3, -0.25) is 0 Å². The molecule has 0 bridgehead atoms. The van der Waals surface area contributed by atoms with Gasteiger partial charge in [-0.25, -0.2) is 0 Å². The van der Waals surface area contributed by atoms with Crippen molar-refractivity contribution in [3.63, 3.8) is 0 Å². The maximum absolute atomic E-state index is 6.77. The molecular formula is C64H34O3. The van der Waals surface area contributed by atoms with E-state index in [1.54, 1.807) is 0 Å². The van der Waals surface area contributed by atoms with Gasteiger partial charge in [-0.05, 0) is 155 Å². The molecule has 3 nitrogen and oxygen atoms in total. The average Bonchev–Trinajstić information content (AvgIpc) is 4.08. The third kappa shape index (κ3) is 5.18. The summed E-state index contributed by atoms with van der Waals surface area (Å²) in [7, 11) is 0. The van der Waals surface area contributed by atoms with E-state index in [-0.39, 0.29) is 0 Å². The van der Waals surface area contributed by atoms with E-state index in [1.807, 2.05) is 24.3 Å². The molecule has 0 saturated heterocycles. The molecule has 308 valence electrons. The van der Waals surface area contributed by atoms with Crippen LogP contribution in [0.3, 0.4) is 0 Å². The van der Waals surface area contributed by atoms with Crippen LogP contribution >= 0.6 is 0 Å². The Kier molecular flexibility index (Phi) is 7.42. The molecule has 67 heavy (non-hydrogen) atoms. The van der Waals surface area contributed by atoms with Crippen LogP contribution in [0.5, 0.6) is 0 Å². The number of para-hydroxylation sites is 2. The van der Waals surface area contributed by atoms with E-state index >= 15 is 0 Å². The lowest BCUT2D eigenvalue weighted by molar-refractivity contribution is 0.668. The standard InChI is InChI=1S/C64H34O3/c1-3-18-44-42(16-1)60(37-28-31-56-51(34-37)40-14-9-11-25-54(40)65-56)43-17-2-4-19-45(43)62(44)39-30-33-58-53(36-39)64-50(24-13-27-59(64)67-58)63-48-22-7-5-20-46(48)61(47-21-6-8-23-49(47)63)38-29-32-57-52(35-38)41-15-10-12-26-55(41)66-57/h1-5,7,9-36H. The molecule has 0 aliphatic heterocycles. The zero-order valence-electron chi connectivity index (χ0n) is 35.9. The number of rotatable bonds is 4. The minimum absolute atomic E-state index is 0.849. The lowest BCUT2D eigenvalue weighted by Gasteiger charge is -2.21. The molecule has 1 aliphatic carbocycles. The smallest absolute Gasteiger partial charge is 0.136 e. The van der Waals surface area contributed by atoms with E-state index in [4.69, 9.17) is 13.3 Å². The molecule has 0 unspecified atom stereocenters. The molecule has 0 radical (unpaired) electrons. The maximum atomic E-state index is 6.77. The average molecular weight is 851 g/mol. The fourth-order valence-electron chi connectivity index (χ4n) is 11.3. The first-order valence-electron chi connectivity index (χ1n) is 22.7. The van der Waals surface area contributed by atoms with Gasteiger partial charge in [-0.2, -0.15) is 0 Å². The fraction of sp³-hybridized carbons (Fsp3) is 0. The molecule has 14 aromatic rings. The predicted octanol–water partition coefficient (Wildman–Crippen LogP) is 18.3. The Morgan fingerprint density at radius 2 is 0.612 bits per heavy atom. The van der Waals surface area contributed by atoms with E-state index in [9.17, 15) is 0 Å². The van der Waals surface area contributed by atoms with Crippen LogP contribution in [-0.2, 0) is 0 Å². The van der Waals surface area contributed by atoms with Gasteiger partial charge in [0, 0.05) is 32.3 Å². The summed E-state index contributed by atoms with van der Waals surface area (Å²) >= 11 is 0. The summed E-state index contributed by atoms with van der Waals surface area (Å²) in [6, 6.07) is 69.5. The van der Waals surface area contributed by atoms with Crippen molar-refractivity contribution in [2.75, 3.05) is 0 Å². The highest BCUT2D eigenvalue weighted by molar-refractivity contribution is 6.25. The first-order chi connectivity index (χ1) is 33.2. The molecule has 3 heterocycles. The van der Waals surface area contributed by atoms with Crippen molar-refractivity contribution in [2.45, 2.75) is 0 Å². The van der Waals surface area contributed by atoms with Gasteiger partial charge >= 0.3 is 0 Å². The normalized spacial score (nSPS) is 12.4. The first kappa shape index (κ1) is 36.3. The number of hydrogen-bond donors (Lipinski definition) is 0. The van der Waals surface area contributed by atoms with E-state index in [1.165, 1.54) is 43.6 Å². The van der Waals surface area contributed by atoms with Crippen LogP contribution in [0.2, 0.25) is 0 Å². The van der Waals surface area contributed by atoms with Gasteiger partial charge in [0.15, 0.2) is 0 Å². The molecular weight excluding hydrogens is 817 g/mol. The molecule has 0 saturated carbocycles. The fourth-order valence-corrected chi connectivity index (χ4v) is 11.3. The number of fused-ring (bicyclic) bond motifs is 13. The Morgan fingerprint density at radius 1 is 0.254 bits per heavy atom. The molecule has 0 atom stereocenters. The molecule has 0 N–H and O–H groups in total. The van der Waals surface area contributed by atoms with Gasteiger partial charge in [0.05, 0.1) is 0 Å². The first-order valence-corrected chi connectivity index (χ1v) is 22.7. The molecule has 11 aromatic carbocycles. The van der Waals surface area contributed by atoms with Crippen molar-refractivity contribution in [3.05, 3.63) is 217 Å². The molecule has 1 aliphatic rings. The third-order valence-electron chi connectivity index (χ3n) is 14.1. The van der Waals surface area contributed by atoms with Crippen LogP contribution < -0.4 is 0 Å². The van der Waals surface area contributed by atoms with E-state index in [0.717, 1.165) is 110 Å². The second kappa shape index (κ2) is 13.7. The van der Waals surface area contributed by atoms with Crippen molar-refractivity contribution in [1.82, 2.24) is 0 Å². The summed E-state index contributed by atoms with van der Waals surface area (Å²) in [5, 5.41) is 13.7. The highest BCUT2D eigenvalue weighted by atomic mass is 16.3. The van der Waals surface area contributed by atoms with Gasteiger partial charge in [-0.1, -0.05) is 151 Å². The Hall–Kier alpha value is -9.10. The SMILES string of the molecule is C1=C=Cc2c(c(-c3ccc4oc5ccccc5c4c3)c3ccccc3c2-c2cccc3oc4ccc(-c5c6ccccc6c(-c6ccc7oc8ccccc8c7c6)c6ccccc56)cc4c23)C=1. The summed E-state index contributed by atoms with van der Waals surface area (Å²) in [5.41, 5.74) is 23.4. The number of hydrogen-bond acceptors (Lipinski definition) is 3. The molecule has 0 spiro atoms. The molecule has 3 aromatic heterocycles. The summed E-state index contributed by atoms with van der Waals surface area (Å²) < 4.78 is 19.3. The zero-order valence-corrected chi connectivity index (χ0v) is 35.9. The van der Waals surface area contributed by atoms with E-state index in [2.05, 4.69) is 193 Å². The summed E-state index contributed by atoms with van der Waals surface area (Å²) in [4.78, 5) is 0. The molecule has 3 heteroatoms. The van der Waals surface area contributed by atoms with Gasteiger partial charge in [-0.15, -0.1) is 0 Å². The minimum Gasteiger partial charge on any atom is -0.456 e. The summed E-state index contributed by atoms with van der Waals surface area (Å²) in [5.74, 6) is 0. The maximum Gasteiger partial charge on any atom is 0.136 e. The third-order valence-corrected chi connectivity index (χ3v) is 14.1. The van der Waals surface area contributed by atoms with Crippen LogP contribution in [0.15, 0.2) is 219 Å². The summed E-state index contributed by atoms with van der Waals surface area (Å²) in [6.07, 6.45) is 4.20. The number of benzene rings is 11. The van der Waals surface area contributed by atoms with Crippen molar-refractivity contribution in [3.8, 4) is 44.5 Å². The second-order valence-corrected chi connectivity index (χ2v) is 17.7. The highest BCUT2D eigenvalue weighted by Gasteiger charge is 2.25. The highest BCUT2D eigenvalue weighted by Crippen LogP contribution is 2.50. The Morgan fingerprint density at radius 3 is 1.13 bits per heavy atom. The Balaban J connectivity index is 0.966. The van der Waals surface area contributed by atoms with Crippen LogP contribution in [0.25, 0.3) is 155 Å². The van der Waals surface area contributed by atoms with Crippen molar-refractivity contribution >= 4 is 110 Å². The van der Waals surface area contributed by atoms with Crippen molar-refractivity contribution in [2.24, 2.45) is 0 Å². The van der Waals surface area contributed by atoms with Gasteiger partial charge in [0.2, 0.25) is 0 Å². The van der Waals surface area contributed by atoms with Crippen molar-refractivity contribution < 1.29 is 13.3 Å². The Labute approximate surface area is 383 Å². The minimum atomic E-state index is 0.849. The van der Waals surface area contributed by atoms with E-state index in [0.29, 0.717) is 0 Å². The quantitative estimate of drug-likeness (QED) is 0.131. The predicted molar refractivity (Wildman–Crippen MR) is 278 cm³/mol. The lowest BCUT2D eigenvalue weighted by Crippen LogP contribution is -1.97. The van der Waals surface area contributed by atoms with Crippen LogP contribution in [0.1, 0.15) is 11.1 Å². The largest absolute Gasteiger partial charge is 0.456 e. The topological polar surface area (TPSA) is 39.4 Å². The second-order valence-electron chi connectivity index (χ2n) is 17.7. The Bertz CT molecular complexity index is 4540. The van der Waals surface area contributed by atoms with Gasteiger partial charge in [0.1, 0.15) is 33.5 Å². The monoisotopic (exact) mass is 850 g/mol. The summed E-state index contributed by atoms with van der Waals surface area (Å²) in [6.45, 7) is 0. The zero-order chi connectivity index (χ0) is 43.7. The van der Waals surface area contributed by atoms with Crippen molar-refractivity contribution in [1.29, 1.82) is 0 Å². The van der Waals surface area contributed by atoms with Crippen LogP contribution in [0.4, 0.5) is 0 Å². The van der Waals surface area contributed by atoms with Crippen LogP contribution in [0, 0.1) is 0 Å². The molecule has 0 fully saturated rings. The van der Waals surface area contributed by atoms with Gasteiger partial charge < -0.3 is 13.3 Å². The van der Waals surface area contributed by atoms with Gasteiger partial charge in [0.25, 0.3) is 0 Å². The van der Waals surface area contributed by atoms with E-state index < -0.39 is 0 Å². The molecule has 0 amide bonds. The number of furan rings is 3. The molecule has 15 rings (SSSR count).